The number of likely N-dealkylation sites (tertiary alicyclic amines) is 1. The highest BCUT2D eigenvalue weighted by atomic mass is 16.5. The number of pyridine rings is 1. The van der Waals surface area contributed by atoms with Gasteiger partial charge in [-0.25, -0.2) is 4.79 Å². The number of nitrogens with zero attached hydrogens (tertiary/aromatic N) is 4. The third-order valence-corrected chi connectivity index (χ3v) is 7.06. The zero-order valence-corrected chi connectivity index (χ0v) is 19.5. The Bertz CT molecular complexity index is 1030. The molecule has 4 heterocycles. The fraction of sp³-hybridized carbons (Fsp3) is 0.500. The molecule has 2 saturated heterocycles. The van der Waals surface area contributed by atoms with E-state index in [0.29, 0.717) is 25.3 Å². The number of aromatic nitrogens is 1. The molecule has 0 unspecified atom stereocenters. The lowest BCUT2D eigenvalue weighted by molar-refractivity contribution is -0.136. The van der Waals surface area contributed by atoms with E-state index in [-0.39, 0.29) is 18.5 Å². The average molecular weight is 449 g/mol. The van der Waals surface area contributed by atoms with Crippen molar-refractivity contribution in [1.82, 2.24) is 19.7 Å². The summed E-state index contributed by atoms with van der Waals surface area (Å²) < 4.78 is 5.63. The second-order valence-electron chi connectivity index (χ2n) is 9.85. The van der Waals surface area contributed by atoms with Crippen molar-refractivity contribution in [2.75, 3.05) is 26.2 Å². The zero-order chi connectivity index (χ0) is 23.0. The van der Waals surface area contributed by atoms with Crippen molar-refractivity contribution < 1.29 is 14.3 Å². The number of urea groups is 1. The maximum absolute atomic E-state index is 13.7. The predicted octanol–water partition coefficient (Wildman–Crippen LogP) is 3.47. The number of piperidine rings is 1. The number of rotatable bonds is 6. The Balaban J connectivity index is 1.31. The molecule has 7 nitrogen and oxygen atoms in total. The Morgan fingerprint density at radius 2 is 1.91 bits per heavy atom. The van der Waals surface area contributed by atoms with E-state index in [4.69, 9.17) is 4.74 Å². The third-order valence-electron chi connectivity index (χ3n) is 7.06. The molecular weight excluding hydrogens is 416 g/mol. The topological polar surface area (TPSA) is 66.0 Å². The highest BCUT2D eigenvalue weighted by molar-refractivity contribution is 6.07. The first-order chi connectivity index (χ1) is 16.0. The minimum atomic E-state index is -0.738. The van der Waals surface area contributed by atoms with E-state index in [9.17, 15) is 9.59 Å². The van der Waals surface area contributed by atoms with Gasteiger partial charge in [0.2, 0.25) is 0 Å². The molecule has 2 fully saturated rings. The standard InChI is InChI=1S/C26H32N4O3/c1-19(2)16-30-25(32)29(18-22-5-3-4-11-27-22)24(31)26(30)9-12-28(13-10-26)17-20-6-7-23-21(15-20)8-14-33-23/h3-7,11,15,19H,8-10,12-14,16-18H2,1-2H3. The summed E-state index contributed by atoms with van der Waals surface area (Å²) in [4.78, 5) is 37.1. The predicted molar refractivity (Wildman–Crippen MR) is 125 cm³/mol. The second kappa shape index (κ2) is 8.78. The van der Waals surface area contributed by atoms with Gasteiger partial charge in [0.1, 0.15) is 11.3 Å². The number of imide groups is 1. The molecule has 0 N–H and O–H groups in total. The van der Waals surface area contributed by atoms with Crippen molar-refractivity contribution >= 4 is 11.9 Å². The van der Waals surface area contributed by atoms with Crippen LogP contribution in [-0.2, 0) is 24.3 Å². The normalized spacial score (nSPS) is 20.1. The molecule has 174 valence electrons. The van der Waals surface area contributed by atoms with Crippen LogP contribution in [0.3, 0.4) is 0 Å². The van der Waals surface area contributed by atoms with Crippen LogP contribution in [0.15, 0.2) is 42.6 Å². The summed E-state index contributed by atoms with van der Waals surface area (Å²) in [5.41, 5.74) is 2.56. The number of amides is 3. The van der Waals surface area contributed by atoms with Gasteiger partial charge in [0.05, 0.1) is 18.8 Å². The van der Waals surface area contributed by atoms with Gasteiger partial charge in [-0.05, 0) is 48.1 Å². The molecule has 7 heteroatoms. The van der Waals surface area contributed by atoms with Crippen LogP contribution in [0.5, 0.6) is 5.75 Å². The summed E-state index contributed by atoms with van der Waals surface area (Å²) in [6.07, 6.45) is 4.00. The van der Waals surface area contributed by atoms with Gasteiger partial charge in [-0.3, -0.25) is 19.6 Å². The minimum absolute atomic E-state index is 0.0619. The van der Waals surface area contributed by atoms with Crippen LogP contribution in [0.4, 0.5) is 4.79 Å². The Labute approximate surface area is 195 Å². The molecule has 0 bridgehead atoms. The molecule has 1 aromatic heterocycles. The van der Waals surface area contributed by atoms with Crippen molar-refractivity contribution in [2.45, 2.75) is 51.7 Å². The van der Waals surface area contributed by atoms with Gasteiger partial charge in [-0.2, -0.15) is 0 Å². The monoisotopic (exact) mass is 448 g/mol. The van der Waals surface area contributed by atoms with E-state index in [0.717, 1.165) is 44.1 Å². The SMILES string of the molecule is CC(C)CN1C(=O)N(Cc2ccccn2)C(=O)C12CCN(Cc1ccc3c(c1)CCO3)CC2. The summed E-state index contributed by atoms with van der Waals surface area (Å²) in [5.74, 6) is 1.23. The quantitative estimate of drug-likeness (QED) is 0.633. The van der Waals surface area contributed by atoms with Crippen LogP contribution in [0.25, 0.3) is 0 Å². The smallest absolute Gasteiger partial charge is 0.328 e. The van der Waals surface area contributed by atoms with Gasteiger partial charge >= 0.3 is 6.03 Å². The fourth-order valence-electron chi connectivity index (χ4n) is 5.35. The molecule has 2 aromatic rings. The van der Waals surface area contributed by atoms with Crippen LogP contribution in [0.1, 0.15) is 43.5 Å². The summed E-state index contributed by atoms with van der Waals surface area (Å²) in [6.45, 7) is 8.22. The van der Waals surface area contributed by atoms with Crippen molar-refractivity contribution in [3.8, 4) is 5.75 Å². The number of carbonyl (C=O) groups is 2. The van der Waals surface area contributed by atoms with E-state index in [1.807, 2.05) is 23.1 Å². The highest BCUT2D eigenvalue weighted by Gasteiger charge is 2.57. The number of hydrogen-bond acceptors (Lipinski definition) is 5. The van der Waals surface area contributed by atoms with Crippen LogP contribution in [-0.4, -0.2) is 63.4 Å². The largest absolute Gasteiger partial charge is 0.493 e. The number of hydrogen-bond donors (Lipinski definition) is 0. The first-order valence-electron chi connectivity index (χ1n) is 12.0. The summed E-state index contributed by atoms with van der Waals surface area (Å²) >= 11 is 0. The van der Waals surface area contributed by atoms with E-state index in [1.165, 1.54) is 16.0 Å². The van der Waals surface area contributed by atoms with Gasteiger partial charge in [0.15, 0.2) is 0 Å². The summed E-state index contributed by atoms with van der Waals surface area (Å²) in [6, 6.07) is 11.9. The molecule has 3 aliphatic heterocycles. The molecule has 33 heavy (non-hydrogen) atoms. The molecule has 0 saturated carbocycles. The van der Waals surface area contributed by atoms with Gasteiger partial charge < -0.3 is 9.64 Å². The summed E-state index contributed by atoms with van der Waals surface area (Å²) in [5, 5.41) is 0. The molecule has 5 rings (SSSR count). The van der Waals surface area contributed by atoms with Crippen molar-refractivity contribution in [2.24, 2.45) is 5.92 Å². The summed E-state index contributed by atoms with van der Waals surface area (Å²) in [7, 11) is 0. The number of benzene rings is 1. The minimum Gasteiger partial charge on any atom is -0.493 e. The van der Waals surface area contributed by atoms with Gasteiger partial charge in [-0.15, -0.1) is 0 Å². The highest BCUT2D eigenvalue weighted by Crippen LogP contribution is 2.39. The van der Waals surface area contributed by atoms with E-state index in [1.54, 1.807) is 6.20 Å². The Hall–Kier alpha value is -2.93. The lowest BCUT2D eigenvalue weighted by Crippen LogP contribution is -2.57. The van der Waals surface area contributed by atoms with Crippen LogP contribution < -0.4 is 4.74 Å². The third kappa shape index (κ3) is 4.10. The number of ether oxygens (including phenoxy) is 1. The second-order valence-corrected chi connectivity index (χ2v) is 9.85. The van der Waals surface area contributed by atoms with Crippen molar-refractivity contribution in [1.29, 1.82) is 0 Å². The van der Waals surface area contributed by atoms with Crippen molar-refractivity contribution in [3.05, 3.63) is 59.4 Å². The molecule has 1 aromatic carbocycles. The molecule has 1 spiro atoms. The van der Waals surface area contributed by atoms with Gasteiger partial charge in [0.25, 0.3) is 5.91 Å². The van der Waals surface area contributed by atoms with E-state index >= 15 is 0 Å². The Morgan fingerprint density at radius 3 is 2.64 bits per heavy atom. The van der Waals surface area contributed by atoms with Crippen LogP contribution in [0.2, 0.25) is 0 Å². The first-order valence-corrected chi connectivity index (χ1v) is 12.0. The van der Waals surface area contributed by atoms with Crippen LogP contribution >= 0.6 is 0 Å². The molecule has 3 aliphatic rings. The molecular formula is C26H32N4O3. The van der Waals surface area contributed by atoms with Gasteiger partial charge in [0, 0.05) is 38.8 Å². The van der Waals surface area contributed by atoms with Gasteiger partial charge in [-0.1, -0.05) is 32.0 Å². The van der Waals surface area contributed by atoms with Crippen LogP contribution in [0, 0.1) is 5.92 Å². The number of carbonyl (C=O) groups excluding carboxylic acids is 2. The number of fused-ring (bicyclic) bond motifs is 1. The Morgan fingerprint density at radius 1 is 1.09 bits per heavy atom. The van der Waals surface area contributed by atoms with E-state index in [2.05, 4.69) is 41.9 Å². The average Bonchev–Trinajstić information content (AvgIpc) is 3.35. The maximum atomic E-state index is 13.7. The maximum Gasteiger partial charge on any atom is 0.328 e. The molecule has 0 radical (unpaired) electrons. The first kappa shape index (κ1) is 21.9. The van der Waals surface area contributed by atoms with Crippen molar-refractivity contribution in [3.63, 3.8) is 0 Å². The molecule has 3 amide bonds. The van der Waals surface area contributed by atoms with E-state index < -0.39 is 5.54 Å². The lowest BCUT2D eigenvalue weighted by Gasteiger charge is -2.42. The zero-order valence-electron chi connectivity index (χ0n) is 19.5. The Kier molecular flexibility index (Phi) is 5.83. The molecule has 0 aliphatic carbocycles. The lowest BCUT2D eigenvalue weighted by atomic mass is 9.85. The molecule has 0 atom stereocenters. The fourth-order valence-corrected chi connectivity index (χ4v) is 5.35.